The van der Waals surface area contributed by atoms with Gasteiger partial charge in [0.2, 0.25) is 5.95 Å². The summed E-state index contributed by atoms with van der Waals surface area (Å²) in [5, 5.41) is 3.31. The SMILES string of the molecule is COc1cc(Nc2ncc3c(n2)N(Cc2ccccc2)CCO3)ccc1-c1ccnc(C)c1. The van der Waals surface area contributed by atoms with Crippen molar-refractivity contribution in [1.29, 1.82) is 0 Å². The van der Waals surface area contributed by atoms with E-state index in [1.807, 2.05) is 55.5 Å². The Balaban J connectivity index is 1.40. The van der Waals surface area contributed by atoms with Crippen molar-refractivity contribution >= 4 is 17.5 Å². The van der Waals surface area contributed by atoms with Gasteiger partial charge in [-0.25, -0.2) is 4.98 Å². The molecule has 7 heteroatoms. The lowest BCUT2D eigenvalue weighted by Crippen LogP contribution is -2.33. The summed E-state index contributed by atoms with van der Waals surface area (Å²) in [6, 6.07) is 20.4. The number of nitrogens with zero attached hydrogens (tertiary/aromatic N) is 4. The van der Waals surface area contributed by atoms with Gasteiger partial charge in [0, 0.05) is 35.8 Å². The molecule has 2 aromatic carbocycles. The molecule has 1 aliphatic rings. The van der Waals surface area contributed by atoms with Crippen molar-refractivity contribution in [1.82, 2.24) is 15.0 Å². The van der Waals surface area contributed by atoms with Crippen LogP contribution in [0.1, 0.15) is 11.3 Å². The molecule has 0 spiro atoms. The molecule has 0 bridgehead atoms. The summed E-state index contributed by atoms with van der Waals surface area (Å²) in [4.78, 5) is 15.7. The maximum atomic E-state index is 5.79. The number of benzene rings is 2. The lowest BCUT2D eigenvalue weighted by atomic mass is 10.0. The Kier molecular flexibility index (Phi) is 5.76. The second-order valence-electron chi connectivity index (χ2n) is 7.86. The van der Waals surface area contributed by atoms with Gasteiger partial charge >= 0.3 is 0 Å². The number of methoxy groups -OCH3 is 1. The zero-order chi connectivity index (χ0) is 22.6. The van der Waals surface area contributed by atoms with E-state index in [4.69, 9.17) is 14.5 Å². The van der Waals surface area contributed by atoms with E-state index < -0.39 is 0 Å². The van der Waals surface area contributed by atoms with Crippen LogP contribution in [0, 0.1) is 6.92 Å². The summed E-state index contributed by atoms with van der Waals surface area (Å²) in [5.41, 5.74) is 5.09. The van der Waals surface area contributed by atoms with Crippen molar-refractivity contribution in [3.05, 3.63) is 84.3 Å². The van der Waals surface area contributed by atoms with Gasteiger partial charge in [-0.2, -0.15) is 4.98 Å². The topological polar surface area (TPSA) is 72.4 Å². The molecule has 0 saturated heterocycles. The third-order valence-electron chi connectivity index (χ3n) is 5.54. The minimum atomic E-state index is 0.506. The van der Waals surface area contributed by atoms with Gasteiger partial charge in [0.15, 0.2) is 11.6 Å². The standard InChI is InChI=1S/C26H25N5O2/c1-18-14-20(10-11-27-18)22-9-8-21(15-23(22)32-2)29-26-28-16-24-25(30-26)31(12-13-33-24)17-19-6-4-3-5-7-19/h3-11,14-16H,12-13,17H2,1-2H3,(H,28,29,30). The van der Waals surface area contributed by atoms with Crippen LogP contribution >= 0.6 is 0 Å². The van der Waals surface area contributed by atoms with E-state index in [1.54, 1.807) is 19.5 Å². The number of anilines is 3. The Morgan fingerprint density at radius 3 is 2.76 bits per heavy atom. The molecule has 0 amide bonds. The van der Waals surface area contributed by atoms with E-state index in [2.05, 4.69) is 32.3 Å². The molecular weight excluding hydrogens is 414 g/mol. The third-order valence-corrected chi connectivity index (χ3v) is 5.54. The van der Waals surface area contributed by atoms with Gasteiger partial charge in [0.25, 0.3) is 0 Å². The number of rotatable bonds is 6. The summed E-state index contributed by atoms with van der Waals surface area (Å²) in [6.45, 7) is 4.13. The third kappa shape index (κ3) is 4.57. The van der Waals surface area contributed by atoms with E-state index in [0.29, 0.717) is 18.3 Å². The number of fused-ring (bicyclic) bond motifs is 1. The molecule has 3 heterocycles. The molecule has 0 unspecified atom stereocenters. The van der Waals surface area contributed by atoms with E-state index in [1.165, 1.54) is 5.56 Å². The molecule has 1 aliphatic heterocycles. The molecule has 0 radical (unpaired) electrons. The number of ether oxygens (including phenoxy) is 2. The lowest BCUT2D eigenvalue weighted by molar-refractivity contribution is 0.303. The van der Waals surface area contributed by atoms with Crippen LogP contribution in [0.4, 0.5) is 17.5 Å². The second-order valence-corrected chi connectivity index (χ2v) is 7.86. The van der Waals surface area contributed by atoms with Gasteiger partial charge in [-0.1, -0.05) is 30.3 Å². The van der Waals surface area contributed by atoms with Crippen LogP contribution in [0.15, 0.2) is 73.1 Å². The van der Waals surface area contributed by atoms with Crippen molar-refractivity contribution in [2.45, 2.75) is 13.5 Å². The van der Waals surface area contributed by atoms with Crippen LogP contribution in [0.2, 0.25) is 0 Å². The predicted octanol–water partition coefficient (Wildman–Crippen LogP) is 5.00. The normalized spacial score (nSPS) is 12.6. The van der Waals surface area contributed by atoms with Crippen LogP contribution in [-0.4, -0.2) is 35.2 Å². The molecule has 33 heavy (non-hydrogen) atoms. The van der Waals surface area contributed by atoms with Crippen LogP contribution in [-0.2, 0) is 6.54 Å². The summed E-state index contributed by atoms with van der Waals surface area (Å²) < 4.78 is 11.5. The van der Waals surface area contributed by atoms with Crippen molar-refractivity contribution < 1.29 is 9.47 Å². The molecular formula is C26H25N5O2. The molecule has 1 N–H and O–H groups in total. The first-order valence-electron chi connectivity index (χ1n) is 10.9. The first-order chi connectivity index (χ1) is 16.2. The monoisotopic (exact) mass is 439 g/mol. The van der Waals surface area contributed by atoms with E-state index in [-0.39, 0.29) is 0 Å². The second kappa shape index (κ2) is 9.16. The number of aromatic nitrogens is 3. The van der Waals surface area contributed by atoms with Gasteiger partial charge < -0.3 is 19.7 Å². The highest BCUT2D eigenvalue weighted by Crippen LogP contribution is 2.35. The zero-order valence-electron chi connectivity index (χ0n) is 18.7. The van der Waals surface area contributed by atoms with Gasteiger partial charge in [-0.3, -0.25) is 4.98 Å². The van der Waals surface area contributed by atoms with Crippen LogP contribution in [0.25, 0.3) is 11.1 Å². The summed E-state index contributed by atoms with van der Waals surface area (Å²) in [5.74, 6) is 2.76. The Bertz CT molecular complexity index is 1260. The number of aryl methyl sites for hydroxylation is 1. The lowest BCUT2D eigenvalue weighted by Gasteiger charge is -2.30. The smallest absolute Gasteiger partial charge is 0.229 e. The Labute approximate surface area is 193 Å². The first kappa shape index (κ1) is 20.8. The minimum Gasteiger partial charge on any atom is -0.496 e. The van der Waals surface area contributed by atoms with Gasteiger partial charge in [0.1, 0.15) is 12.4 Å². The largest absolute Gasteiger partial charge is 0.496 e. The van der Waals surface area contributed by atoms with Crippen molar-refractivity contribution in [2.24, 2.45) is 0 Å². The van der Waals surface area contributed by atoms with E-state index >= 15 is 0 Å². The Morgan fingerprint density at radius 2 is 1.94 bits per heavy atom. The molecule has 7 nitrogen and oxygen atoms in total. The molecule has 2 aromatic heterocycles. The maximum Gasteiger partial charge on any atom is 0.229 e. The van der Waals surface area contributed by atoms with Gasteiger partial charge in [0.05, 0.1) is 19.9 Å². The highest BCUT2D eigenvalue weighted by atomic mass is 16.5. The van der Waals surface area contributed by atoms with Crippen molar-refractivity contribution in [2.75, 3.05) is 30.5 Å². The van der Waals surface area contributed by atoms with Crippen molar-refractivity contribution in [3.63, 3.8) is 0 Å². The van der Waals surface area contributed by atoms with E-state index in [9.17, 15) is 0 Å². The fourth-order valence-electron chi connectivity index (χ4n) is 3.93. The summed E-state index contributed by atoms with van der Waals surface area (Å²) in [6.07, 6.45) is 3.54. The van der Waals surface area contributed by atoms with Gasteiger partial charge in [-0.15, -0.1) is 0 Å². The van der Waals surface area contributed by atoms with Crippen LogP contribution in [0.3, 0.4) is 0 Å². The molecule has 166 valence electrons. The van der Waals surface area contributed by atoms with Gasteiger partial charge in [-0.05, 0) is 42.3 Å². The average molecular weight is 440 g/mol. The average Bonchev–Trinajstić information content (AvgIpc) is 2.85. The minimum absolute atomic E-state index is 0.506. The number of pyridine rings is 1. The van der Waals surface area contributed by atoms with Crippen LogP contribution < -0.4 is 19.7 Å². The molecule has 4 aromatic rings. The summed E-state index contributed by atoms with van der Waals surface area (Å²) >= 11 is 0. The molecule has 0 aliphatic carbocycles. The predicted molar refractivity (Wildman–Crippen MR) is 129 cm³/mol. The molecule has 5 rings (SSSR count). The highest BCUT2D eigenvalue weighted by Gasteiger charge is 2.21. The number of hydrogen-bond donors (Lipinski definition) is 1. The molecule has 0 fully saturated rings. The summed E-state index contributed by atoms with van der Waals surface area (Å²) in [7, 11) is 1.67. The number of nitrogens with one attached hydrogen (secondary N) is 1. The Morgan fingerprint density at radius 1 is 1.06 bits per heavy atom. The fourth-order valence-corrected chi connectivity index (χ4v) is 3.93. The highest BCUT2D eigenvalue weighted by molar-refractivity contribution is 5.74. The maximum absolute atomic E-state index is 5.79. The fraction of sp³-hybridized carbons (Fsp3) is 0.192. The van der Waals surface area contributed by atoms with Crippen LogP contribution in [0.5, 0.6) is 11.5 Å². The molecule has 0 atom stereocenters. The van der Waals surface area contributed by atoms with Crippen molar-refractivity contribution in [3.8, 4) is 22.6 Å². The van der Waals surface area contributed by atoms with E-state index in [0.717, 1.165) is 47.2 Å². The first-order valence-corrected chi connectivity index (χ1v) is 10.9. The molecule has 0 saturated carbocycles. The quantitative estimate of drug-likeness (QED) is 0.453. The Hall–Kier alpha value is -4.13. The zero-order valence-corrected chi connectivity index (χ0v) is 18.7. The number of hydrogen-bond acceptors (Lipinski definition) is 7.